The van der Waals surface area contributed by atoms with Gasteiger partial charge in [0.05, 0.1) is 0 Å². The van der Waals surface area contributed by atoms with Crippen molar-refractivity contribution in [2.24, 2.45) is 0 Å². The van der Waals surface area contributed by atoms with E-state index in [1.165, 1.54) is 0 Å². The van der Waals surface area contributed by atoms with E-state index < -0.39 is 23.8 Å². The summed E-state index contributed by atoms with van der Waals surface area (Å²) >= 11 is 0. The fourth-order valence-electron chi connectivity index (χ4n) is 4.13. The van der Waals surface area contributed by atoms with E-state index >= 15 is 0 Å². The quantitative estimate of drug-likeness (QED) is 0.461. The van der Waals surface area contributed by atoms with Crippen LogP contribution in [-0.2, 0) is 28.7 Å². The Labute approximate surface area is 188 Å². The van der Waals surface area contributed by atoms with Crippen molar-refractivity contribution in [2.75, 3.05) is 10.6 Å². The van der Waals surface area contributed by atoms with Crippen molar-refractivity contribution >= 4 is 35.1 Å². The molecule has 2 saturated carbocycles. The lowest BCUT2D eigenvalue weighted by molar-refractivity contribution is -0.153. The van der Waals surface area contributed by atoms with E-state index in [2.05, 4.69) is 10.6 Å². The number of nitrogens with one attached hydrogen (secondary N) is 2. The molecule has 1 aromatic carbocycles. The molecule has 0 unspecified atom stereocenters. The van der Waals surface area contributed by atoms with Crippen LogP contribution in [0.15, 0.2) is 24.3 Å². The zero-order chi connectivity index (χ0) is 22.8. The first-order valence-corrected chi connectivity index (χ1v) is 11.6. The number of amides is 2. The van der Waals surface area contributed by atoms with Gasteiger partial charge in [-0.05, 0) is 75.6 Å². The molecule has 0 radical (unpaired) electrons. The van der Waals surface area contributed by atoms with Crippen molar-refractivity contribution in [3.63, 3.8) is 0 Å². The van der Waals surface area contributed by atoms with Gasteiger partial charge in [0, 0.05) is 11.4 Å². The average molecular weight is 445 g/mol. The normalized spacial score (nSPS) is 17.2. The molecule has 2 aliphatic rings. The molecular formula is C24H32N2O6. The number of hydrogen-bond acceptors (Lipinski definition) is 6. The van der Waals surface area contributed by atoms with Gasteiger partial charge in [0.25, 0.3) is 0 Å². The summed E-state index contributed by atoms with van der Waals surface area (Å²) < 4.78 is 10.7. The van der Waals surface area contributed by atoms with Crippen molar-refractivity contribution in [3.05, 3.63) is 24.3 Å². The van der Waals surface area contributed by atoms with E-state index in [0.29, 0.717) is 11.4 Å². The molecule has 1 aromatic rings. The molecule has 0 atom stereocenters. The van der Waals surface area contributed by atoms with Gasteiger partial charge in [0.2, 0.25) is 11.8 Å². The molecule has 174 valence electrons. The molecule has 8 nitrogen and oxygen atoms in total. The summed E-state index contributed by atoms with van der Waals surface area (Å²) in [7, 11) is 0. The van der Waals surface area contributed by atoms with E-state index in [-0.39, 0.29) is 25.0 Å². The van der Waals surface area contributed by atoms with Crippen LogP contribution in [-0.4, -0.2) is 36.0 Å². The second-order valence-electron chi connectivity index (χ2n) is 8.53. The zero-order valence-corrected chi connectivity index (χ0v) is 18.4. The lowest BCUT2D eigenvalue weighted by Crippen LogP contribution is -2.25. The second-order valence-corrected chi connectivity index (χ2v) is 8.53. The first kappa shape index (κ1) is 23.8. The van der Waals surface area contributed by atoms with Crippen LogP contribution in [0.25, 0.3) is 0 Å². The average Bonchev–Trinajstić information content (AvgIpc) is 2.76. The van der Waals surface area contributed by atoms with Crippen LogP contribution in [0.5, 0.6) is 0 Å². The monoisotopic (exact) mass is 444 g/mol. The van der Waals surface area contributed by atoms with Gasteiger partial charge >= 0.3 is 11.9 Å². The summed E-state index contributed by atoms with van der Waals surface area (Å²) in [4.78, 5) is 48.0. The molecule has 8 heteroatoms. The van der Waals surface area contributed by atoms with Crippen molar-refractivity contribution in [3.8, 4) is 0 Å². The molecule has 0 saturated heterocycles. The Morgan fingerprint density at radius 2 is 0.969 bits per heavy atom. The van der Waals surface area contributed by atoms with Crippen LogP contribution in [0, 0.1) is 0 Å². The van der Waals surface area contributed by atoms with Gasteiger partial charge in [-0.25, -0.2) is 0 Å². The third kappa shape index (κ3) is 8.32. The van der Waals surface area contributed by atoms with E-state index in [0.717, 1.165) is 64.2 Å². The van der Waals surface area contributed by atoms with E-state index in [4.69, 9.17) is 9.47 Å². The smallest absolute Gasteiger partial charge is 0.315 e. The highest BCUT2D eigenvalue weighted by Gasteiger charge is 2.21. The molecule has 2 aliphatic carbocycles. The summed E-state index contributed by atoms with van der Waals surface area (Å²) in [6, 6.07) is 6.45. The van der Waals surface area contributed by atoms with Crippen molar-refractivity contribution in [1.82, 2.24) is 0 Å². The molecule has 2 N–H and O–H groups in total. The highest BCUT2D eigenvalue weighted by molar-refractivity contribution is 6.03. The second kappa shape index (κ2) is 12.2. The van der Waals surface area contributed by atoms with Crippen LogP contribution in [0.3, 0.4) is 0 Å². The Bertz CT molecular complexity index is 728. The molecule has 3 rings (SSSR count). The third-order valence-corrected chi connectivity index (χ3v) is 5.76. The molecule has 32 heavy (non-hydrogen) atoms. The summed E-state index contributed by atoms with van der Waals surface area (Å²) in [5.41, 5.74) is 0.991. The number of carbonyl (C=O) groups is 4. The molecule has 0 bridgehead atoms. The Morgan fingerprint density at radius 3 is 1.31 bits per heavy atom. The fraction of sp³-hybridized carbons (Fsp3) is 0.583. The predicted octanol–water partition coefficient (Wildman–Crippen LogP) is 4.10. The van der Waals surface area contributed by atoms with E-state index in [1.807, 2.05) is 0 Å². The molecule has 0 spiro atoms. The van der Waals surface area contributed by atoms with Crippen LogP contribution < -0.4 is 10.6 Å². The summed E-state index contributed by atoms with van der Waals surface area (Å²) in [5.74, 6) is -1.93. The van der Waals surface area contributed by atoms with Crippen molar-refractivity contribution < 1.29 is 28.7 Å². The Morgan fingerprint density at radius 1 is 0.625 bits per heavy atom. The number of carbonyl (C=O) groups excluding carboxylic acids is 4. The van der Waals surface area contributed by atoms with Crippen LogP contribution in [0.4, 0.5) is 11.4 Å². The third-order valence-electron chi connectivity index (χ3n) is 5.76. The van der Waals surface area contributed by atoms with Crippen LogP contribution >= 0.6 is 0 Å². The van der Waals surface area contributed by atoms with Gasteiger partial charge in [-0.2, -0.15) is 0 Å². The minimum atomic E-state index is -0.515. The van der Waals surface area contributed by atoms with Gasteiger partial charge in [-0.1, -0.05) is 12.8 Å². The number of benzene rings is 1. The maximum Gasteiger partial charge on any atom is 0.315 e. The van der Waals surface area contributed by atoms with Gasteiger partial charge < -0.3 is 20.1 Å². The maximum atomic E-state index is 12.1. The van der Waals surface area contributed by atoms with E-state index in [9.17, 15) is 19.2 Å². The van der Waals surface area contributed by atoms with Gasteiger partial charge in [0.1, 0.15) is 25.0 Å². The Balaban J connectivity index is 1.37. The minimum absolute atomic E-state index is 0.0770. The molecule has 0 heterocycles. The van der Waals surface area contributed by atoms with Crippen LogP contribution in [0.2, 0.25) is 0 Å². The molecule has 2 fully saturated rings. The standard InChI is InChI=1S/C24H32N2O6/c27-21(15-23(29)31-19-7-3-1-4-8-19)25-17-11-13-18(14-12-17)26-22(28)16-24(30)32-20-9-5-2-6-10-20/h11-14,19-20H,1-10,15-16H2,(H,25,27)(H,26,28). The number of anilines is 2. The molecule has 0 aromatic heterocycles. The largest absolute Gasteiger partial charge is 0.462 e. The van der Waals surface area contributed by atoms with Crippen molar-refractivity contribution in [1.29, 1.82) is 0 Å². The van der Waals surface area contributed by atoms with Crippen LogP contribution in [0.1, 0.15) is 77.0 Å². The number of esters is 2. The fourth-order valence-corrected chi connectivity index (χ4v) is 4.13. The SMILES string of the molecule is O=C(CC(=O)OC1CCCCC1)Nc1ccc(NC(=O)CC(=O)OC2CCCCC2)cc1. The number of hydrogen-bond donors (Lipinski definition) is 2. The van der Waals surface area contributed by atoms with Crippen molar-refractivity contribution in [2.45, 2.75) is 89.3 Å². The maximum absolute atomic E-state index is 12.1. The molecular weight excluding hydrogens is 412 g/mol. The molecule has 2 amide bonds. The first-order valence-electron chi connectivity index (χ1n) is 11.6. The Hall–Kier alpha value is -2.90. The summed E-state index contributed by atoms with van der Waals surface area (Å²) in [6.45, 7) is 0. The summed E-state index contributed by atoms with van der Waals surface area (Å²) in [5, 5.41) is 5.28. The minimum Gasteiger partial charge on any atom is -0.462 e. The zero-order valence-electron chi connectivity index (χ0n) is 18.4. The summed E-state index contributed by atoms with van der Waals surface area (Å²) in [6.07, 6.45) is 9.14. The topological polar surface area (TPSA) is 111 Å². The van der Waals surface area contributed by atoms with Gasteiger partial charge in [0.15, 0.2) is 0 Å². The predicted molar refractivity (Wildman–Crippen MR) is 119 cm³/mol. The lowest BCUT2D eigenvalue weighted by atomic mass is 9.98. The lowest BCUT2D eigenvalue weighted by Gasteiger charge is -2.21. The number of rotatable bonds is 8. The van der Waals surface area contributed by atoms with Gasteiger partial charge in [-0.15, -0.1) is 0 Å². The van der Waals surface area contributed by atoms with E-state index in [1.54, 1.807) is 24.3 Å². The first-order chi connectivity index (χ1) is 15.5. The number of ether oxygens (including phenoxy) is 2. The van der Waals surface area contributed by atoms with Gasteiger partial charge in [-0.3, -0.25) is 19.2 Å². The highest BCUT2D eigenvalue weighted by Crippen LogP contribution is 2.22. The highest BCUT2D eigenvalue weighted by atomic mass is 16.5. The molecule has 0 aliphatic heterocycles. The Kier molecular flexibility index (Phi) is 9.07.